The highest BCUT2D eigenvalue weighted by molar-refractivity contribution is 5.71. The van der Waals surface area contributed by atoms with E-state index in [9.17, 15) is 4.79 Å². The van der Waals surface area contributed by atoms with Crippen LogP contribution in [-0.4, -0.2) is 21.0 Å². The molecular formula is C20H14N4O2. The summed E-state index contributed by atoms with van der Waals surface area (Å²) < 4.78 is 5.39. The van der Waals surface area contributed by atoms with E-state index < -0.39 is 12.2 Å². The number of nitrogens with one attached hydrogen (secondary N) is 1. The van der Waals surface area contributed by atoms with Gasteiger partial charge in [-0.15, -0.1) is 0 Å². The molecule has 26 heavy (non-hydrogen) atoms. The standard InChI is InChI=1S/C20H14N4O2/c25-20-24-18(19(26-20)17-13-22-9-10-23-17)16-5-1-3-14(11-16)6-7-15-4-2-8-21-12-15/h1-5,8-13,18-19H,(H,24,25)/t18-,19-/m1/s1. The fourth-order valence-electron chi connectivity index (χ4n) is 2.76. The van der Waals surface area contributed by atoms with Crippen LogP contribution in [0, 0.1) is 11.8 Å². The molecule has 0 bridgehead atoms. The zero-order chi connectivity index (χ0) is 17.8. The van der Waals surface area contributed by atoms with Gasteiger partial charge in [0.1, 0.15) is 11.7 Å². The van der Waals surface area contributed by atoms with Gasteiger partial charge in [-0.05, 0) is 29.8 Å². The maximum atomic E-state index is 11.8. The first-order chi connectivity index (χ1) is 12.8. The lowest BCUT2D eigenvalue weighted by Gasteiger charge is -2.16. The second-order valence-corrected chi connectivity index (χ2v) is 5.70. The van der Waals surface area contributed by atoms with Crippen molar-refractivity contribution in [3.8, 4) is 11.8 Å². The average molecular weight is 342 g/mol. The predicted octanol–water partition coefficient (Wildman–Crippen LogP) is 2.79. The van der Waals surface area contributed by atoms with Crippen LogP contribution in [0.15, 0.2) is 67.4 Å². The SMILES string of the molecule is O=C1N[C@H](c2cccc(C#Cc3cccnc3)c2)[C@@H](c2cnccn2)O1. The van der Waals surface area contributed by atoms with Crippen molar-refractivity contribution in [2.24, 2.45) is 0 Å². The topological polar surface area (TPSA) is 77.0 Å². The van der Waals surface area contributed by atoms with E-state index in [4.69, 9.17) is 4.74 Å². The number of rotatable bonds is 2. The number of amides is 1. The molecule has 6 heteroatoms. The minimum atomic E-state index is -0.530. The molecule has 126 valence electrons. The fraction of sp³-hybridized carbons (Fsp3) is 0.100. The highest BCUT2D eigenvalue weighted by atomic mass is 16.6. The van der Waals surface area contributed by atoms with Crippen LogP contribution in [0.2, 0.25) is 0 Å². The first-order valence-corrected chi connectivity index (χ1v) is 8.05. The van der Waals surface area contributed by atoms with Crippen LogP contribution in [0.1, 0.15) is 34.5 Å². The Balaban J connectivity index is 1.63. The number of hydrogen-bond donors (Lipinski definition) is 1. The molecule has 1 saturated heterocycles. The highest BCUT2D eigenvalue weighted by Gasteiger charge is 2.37. The van der Waals surface area contributed by atoms with Crippen LogP contribution in [-0.2, 0) is 4.74 Å². The van der Waals surface area contributed by atoms with Crippen LogP contribution in [0.4, 0.5) is 4.79 Å². The lowest BCUT2D eigenvalue weighted by Crippen LogP contribution is -2.20. The van der Waals surface area contributed by atoms with Gasteiger partial charge in [0.2, 0.25) is 0 Å². The maximum Gasteiger partial charge on any atom is 0.408 e. The molecule has 1 aromatic carbocycles. The summed E-state index contributed by atoms with van der Waals surface area (Å²) in [5.41, 5.74) is 3.17. The Hall–Kier alpha value is -3.72. The van der Waals surface area contributed by atoms with Crippen molar-refractivity contribution in [1.82, 2.24) is 20.3 Å². The monoisotopic (exact) mass is 342 g/mol. The van der Waals surface area contributed by atoms with Gasteiger partial charge in [0.15, 0.2) is 6.10 Å². The average Bonchev–Trinajstić information content (AvgIpc) is 3.10. The number of alkyl carbamates (subject to hydrolysis) is 1. The third-order valence-electron chi connectivity index (χ3n) is 3.94. The van der Waals surface area contributed by atoms with E-state index in [1.165, 1.54) is 0 Å². The van der Waals surface area contributed by atoms with Gasteiger partial charge in [0, 0.05) is 35.9 Å². The van der Waals surface area contributed by atoms with Gasteiger partial charge in [-0.2, -0.15) is 0 Å². The summed E-state index contributed by atoms with van der Waals surface area (Å²) in [7, 11) is 0. The van der Waals surface area contributed by atoms with E-state index in [0.29, 0.717) is 5.69 Å². The van der Waals surface area contributed by atoms with Gasteiger partial charge < -0.3 is 10.1 Å². The molecule has 1 aliphatic rings. The molecule has 4 rings (SSSR count). The normalized spacial score (nSPS) is 18.4. The Bertz CT molecular complexity index is 981. The fourth-order valence-corrected chi connectivity index (χ4v) is 2.76. The first kappa shape index (κ1) is 15.8. The zero-order valence-corrected chi connectivity index (χ0v) is 13.7. The van der Waals surface area contributed by atoms with E-state index in [1.807, 2.05) is 36.4 Å². The quantitative estimate of drug-likeness (QED) is 0.725. The second-order valence-electron chi connectivity index (χ2n) is 5.70. The lowest BCUT2D eigenvalue weighted by atomic mass is 9.98. The summed E-state index contributed by atoms with van der Waals surface area (Å²) in [5, 5.41) is 2.83. The molecule has 1 fully saturated rings. The molecular weight excluding hydrogens is 328 g/mol. The van der Waals surface area contributed by atoms with E-state index in [0.717, 1.165) is 16.7 Å². The van der Waals surface area contributed by atoms with Crippen LogP contribution >= 0.6 is 0 Å². The van der Waals surface area contributed by atoms with E-state index in [1.54, 1.807) is 31.0 Å². The predicted molar refractivity (Wildman–Crippen MR) is 93.8 cm³/mol. The summed E-state index contributed by atoms with van der Waals surface area (Å²) in [6, 6.07) is 11.1. The number of benzene rings is 1. The van der Waals surface area contributed by atoms with Gasteiger partial charge in [-0.1, -0.05) is 24.0 Å². The summed E-state index contributed by atoms with van der Waals surface area (Å²) in [4.78, 5) is 24.1. The van der Waals surface area contributed by atoms with Crippen LogP contribution in [0.3, 0.4) is 0 Å². The van der Waals surface area contributed by atoms with E-state index in [2.05, 4.69) is 32.1 Å². The molecule has 3 heterocycles. The van der Waals surface area contributed by atoms with E-state index >= 15 is 0 Å². The number of nitrogens with zero attached hydrogens (tertiary/aromatic N) is 3. The third-order valence-corrected chi connectivity index (χ3v) is 3.94. The number of aromatic nitrogens is 3. The number of carbonyl (C=O) groups is 1. The van der Waals surface area contributed by atoms with Crippen molar-refractivity contribution in [1.29, 1.82) is 0 Å². The Labute approximate surface area is 150 Å². The van der Waals surface area contributed by atoms with Crippen LogP contribution in [0.5, 0.6) is 0 Å². The summed E-state index contributed by atoms with van der Waals surface area (Å²) in [5.74, 6) is 6.20. The number of pyridine rings is 1. The molecule has 2 atom stereocenters. The number of hydrogen-bond acceptors (Lipinski definition) is 5. The van der Waals surface area contributed by atoms with Crippen molar-refractivity contribution in [2.75, 3.05) is 0 Å². The molecule has 0 spiro atoms. The molecule has 2 aromatic heterocycles. The number of carbonyl (C=O) groups excluding carboxylic acids is 1. The Morgan fingerprint density at radius 3 is 2.62 bits per heavy atom. The van der Waals surface area contributed by atoms with E-state index in [-0.39, 0.29) is 6.04 Å². The van der Waals surface area contributed by atoms with Crippen molar-refractivity contribution in [3.05, 3.63) is 89.8 Å². The van der Waals surface area contributed by atoms with Gasteiger partial charge in [-0.25, -0.2) is 4.79 Å². The molecule has 0 radical (unpaired) electrons. The molecule has 0 unspecified atom stereocenters. The Morgan fingerprint density at radius 1 is 0.962 bits per heavy atom. The van der Waals surface area contributed by atoms with Crippen molar-refractivity contribution in [2.45, 2.75) is 12.1 Å². The van der Waals surface area contributed by atoms with Gasteiger partial charge >= 0.3 is 6.09 Å². The van der Waals surface area contributed by atoms with Crippen molar-refractivity contribution < 1.29 is 9.53 Å². The maximum absolute atomic E-state index is 11.8. The zero-order valence-electron chi connectivity index (χ0n) is 13.7. The van der Waals surface area contributed by atoms with Crippen LogP contribution < -0.4 is 5.32 Å². The lowest BCUT2D eigenvalue weighted by molar-refractivity contribution is 0.129. The van der Waals surface area contributed by atoms with Crippen LogP contribution in [0.25, 0.3) is 0 Å². The Kier molecular flexibility index (Phi) is 4.27. The summed E-state index contributed by atoms with van der Waals surface area (Å²) in [6.07, 6.45) is 7.18. The van der Waals surface area contributed by atoms with Gasteiger partial charge in [0.05, 0.1) is 6.20 Å². The third kappa shape index (κ3) is 3.37. The molecule has 0 saturated carbocycles. The largest absolute Gasteiger partial charge is 0.437 e. The molecule has 0 aliphatic carbocycles. The Morgan fingerprint density at radius 2 is 1.81 bits per heavy atom. The van der Waals surface area contributed by atoms with Crippen molar-refractivity contribution in [3.63, 3.8) is 0 Å². The minimum absolute atomic E-state index is 0.348. The summed E-state index contributed by atoms with van der Waals surface area (Å²) >= 11 is 0. The first-order valence-electron chi connectivity index (χ1n) is 8.05. The van der Waals surface area contributed by atoms with Crippen molar-refractivity contribution >= 4 is 6.09 Å². The molecule has 1 amide bonds. The second kappa shape index (κ2) is 7.03. The minimum Gasteiger partial charge on any atom is -0.437 e. The molecule has 6 nitrogen and oxygen atoms in total. The number of ether oxygens (including phenoxy) is 1. The highest BCUT2D eigenvalue weighted by Crippen LogP contribution is 2.35. The molecule has 1 N–H and O–H groups in total. The molecule has 3 aromatic rings. The summed E-state index contributed by atoms with van der Waals surface area (Å²) in [6.45, 7) is 0. The number of cyclic esters (lactones) is 1. The van der Waals surface area contributed by atoms with Gasteiger partial charge in [-0.3, -0.25) is 15.0 Å². The van der Waals surface area contributed by atoms with Gasteiger partial charge in [0.25, 0.3) is 0 Å². The molecule has 1 aliphatic heterocycles. The smallest absolute Gasteiger partial charge is 0.408 e.